The molecule has 10 heteroatoms. The first-order chi connectivity index (χ1) is 12.4. The van der Waals surface area contributed by atoms with Crippen molar-refractivity contribution >= 4 is 47.2 Å². The molecule has 1 N–H and O–H groups in total. The Labute approximate surface area is 151 Å². The van der Waals surface area contributed by atoms with E-state index in [0.29, 0.717) is 9.87 Å². The number of carbonyl (C=O) groups excluding carboxylic acids is 1. The van der Waals surface area contributed by atoms with Gasteiger partial charge in [0.05, 0.1) is 0 Å². The molecule has 0 bridgehead atoms. The zero-order chi connectivity index (χ0) is 18.8. The summed E-state index contributed by atoms with van der Waals surface area (Å²) in [4.78, 5) is 34.3. The van der Waals surface area contributed by atoms with Gasteiger partial charge in [0.1, 0.15) is 0 Å². The number of hydrogen-bond acceptors (Lipinski definition) is 7. The van der Waals surface area contributed by atoms with E-state index in [2.05, 4.69) is 5.16 Å². The summed E-state index contributed by atoms with van der Waals surface area (Å²) in [5.74, 6) is -1.38. The van der Waals surface area contributed by atoms with Crippen LogP contribution >= 0.6 is 0 Å². The van der Waals surface area contributed by atoms with E-state index in [1.165, 1.54) is 36.4 Å². The van der Waals surface area contributed by atoms with Gasteiger partial charge in [-0.3, -0.25) is 0 Å². The number of aromatic nitrogens is 1. The Balaban J connectivity index is 2.00. The second-order valence-electron chi connectivity index (χ2n) is 5.10. The summed E-state index contributed by atoms with van der Waals surface area (Å²) >= 11 is -1.66. The van der Waals surface area contributed by atoms with Crippen LogP contribution in [-0.2, 0) is 0 Å². The zero-order valence-corrected chi connectivity index (χ0v) is 14.9. The minimum atomic E-state index is -1.66. The molecule has 26 heavy (non-hydrogen) atoms. The predicted octanol–water partition coefficient (Wildman–Crippen LogP) is 1.21. The molecule has 1 heterocycles. The van der Waals surface area contributed by atoms with Gasteiger partial charge in [0.2, 0.25) is 0 Å². The van der Waals surface area contributed by atoms with E-state index in [9.17, 15) is 24.8 Å². The molecule has 0 saturated heterocycles. The van der Waals surface area contributed by atoms with Gasteiger partial charge in [-0.15, -0.1) is 0 Å². The number of nitrogens with zero attached hydrogens (tertiary/aromatic N) is 3. The number of hydrogen-bond donors (Lipinski definition) is 1. The third-order valence-corrected chi connectivity index (χ3v) is 5.94. The van der Waals surface area contributed by atoms with Gasteiger partial charge in [0, 0.05) is 0 Å². The minimum absolute atomic E-state index is 0.118. The summed E-state index contributed by atoms with van der Waals surface area (Å²) in [6.45, 7) is 0. The first-order valence-corrected chi connectivity index (χ1v) is 9.13. The first kappa shape index (κ1) is 17.3. The quantitative estimate of drug-likeness (QED) is 0.373. The molecule has 2 aromatic carbocycles. The van der Waals surface area contributed by atoms with Crippen LogP contribution in [-0.4, -0.2) is 41.5 Å². The predicted molar refractivity (Wildman–Crippen MR) is 89.9 cm³/mol. The molecule has 0 spiro atoms. The molecule has 0 fully saturated rings. The van der Waals surface area contributed by atoms with Crippen LogP contribution < -0.4 is 4.35 Å². The second-order valence-corrected chi connectivity index (χ2v) is 7.71. The Hall–Kier alpha value is -3.50. The van der Waals surface area contributed by atoms with Crippen molar-refractivity contribution in [3.63, 3.8) is 0 Å². The van der Waals surface area contributed by atoms with Crippen molar-refractivity contribution in [3.05, 3.63) is 63.4 Å². The number of nitriles is 1. The zero-order valence-electron chi connectivity index (χ0n) is 12.8. The Morgan fingerprint density at radius 3 is 2.69 bits per heavy atom. The van der Waals surface area contributed by atoms with E-state index < -0.39 is 31.2 Å². The molecule has 0 aliphatic rings. The number of non-ortho nitro benzene ring substituents is 1. The normalized spacial score (nSPS) is 10.9. The van der Waals surface area contributed by atoms with Crippen molar-refractivity contribution in [2.75, 3.05) is 0 Å². The molecule has 1 atom stereocenters. The molecule has 0 amide bonds. The summed E-state index contributed by atoms with van der Waals surface area (Å²) in [6, 6.07) is 9.73. The Bertz CT molecular complexity index is 1110. The Morgan fingerprint density at radius 2 is 2.04 bits per heavy atom. The SMILES string of the molecule is N#Cc1ccc([AsH]C(=O)c2onc3ccc([N+](=O)[O-])cc23)c(C(=O)O)c1. The van der Waals surface area contributed by atoms with Gasteiger partial charge in [0.15, 0.2) is 0 Å². The molecule has 0 aliphatic heterocycles. The van der Waals surface area contributed by atoms with E-state index in [0.717, 1.165) is 0 Å². The van der Waals surface area contributed by atoms with Crippen molar-refractivity contribution < 1.29 is 24.1 Å². The molecule has 128 valence electrons. The summed E-state index contributed by atoms with van der Waals surface area (Å²) in [7, 11) is 0. The van der Waals surface area contributed by atoms with Gasteiger partial charge in [-0.1, -0.05) is 0 Å². The Morgan fingerprint density at radius 1 is 1.27 bits per heavy atom. The van der Waals surface area contributed by atoms with E-state index >= 15 is 0 Å². The van der Waals surface area contributed by atoms with Gasteiger partial charge in [-0.05, 0) is 0 Å². The van der Waals surface area contributed by atoms with Gasteiger partial charge in [-0.2, -0.15) is 0 Å². The first-order valence-electron chi connectivity index (χ1n) is 7.03. The number of rotatable bonds is 5. The van der Waals surface area contributed by atoms with E-state index in [-0.39, 0.29) is 28.0 Å². The summed E-state index contributed by atoms with van der Waals surface area (Å²) in [5, 5.41) is 33.0. The van der Waals surface area contributed by atoms with E-state index in [4.69, 9.17) is 9.78 Å². The molecule has 3 rings (SSSR count). The van der Waals surface area contributed by atoms with Crippen molar-refractivity contribution in [1.29, 1.82) is 5.26 Å². The average Bonchev–Trinajstić information content (AvgIpc) is 3.05. The third kappa shape index (κ3) is 3.18. The molecule has 0 aliphatic carbocycles. The fraction of sp³-hybridized carbons (Fsp3) is 0. The van der Waals surface area contributed by atoms with Crippen molar-refractivity contribution in [3.8, 4) is 6.07 Å². The Kier molecular flexibility index (Phi) is 4.52. The number of carbonyl (C=O) groups is 2. The monoisotopic (exact) mass is 413 g/mol. The molecule has 1 unspecified atom stereocenters. The van der Waals surface area contributed by atoms with Crippen LogP contribution in [0.15, 0.2) is 40.9 Å². The molecule has 9 nitrogen and oxygen atoms in total. The van der Waals surface area contributed by atoms with Crippen LogP contribution in [0.2, 0.25) is 0 Å². The summed E-state index contributed by atoms with van der Waals surface area (Å²) in [6.07, 6.45) is 0. The van der Waals surface area contributed by atoms with Crippen LogP contribution in [0, 0.1) is 21.4 Å². The average molecular weight is 413 g/mol. The van der Waals surface area contributed by atoms with Gasteiger partial charge >= 0.3 is 151 Å². The number of carboxylic acids is 1. The molecular formula is C16H8AsN3O6. The summed E-state index contributed by atoms with van der Waals surface area (Å²) in [5.41, 5.74) is 0.140. The topological polar surface area (TPSA) is 147 Å². The van der Waals surface area contributed by atoms with Crippen molar-refractivity contribution in [1.82, 2.24) is 5.16 Å². The van der Waals surface area contributed by atoms with E-state index in [1.54, 1.807) is 0 Å². The van der Waals surface area contributed by atoms with Crippen molar-refractivity contribution in [2.45, 2.75) is 0 Å². The van der Waals surface area contributed by atoms with Crippen LogP contribution in [0.1, 0.15) is 26.5 Å². The van der Waals surface area contributed by atoms with Gasteiger partial charge < -0.3 is 0 Å². The maximum atomic E-state index is 12.6. The van der Waals surface area contributed by atoms with E-state index in [1.807, 2.05) is 6.07 Å². The number of aromatic carboxylic acids is 1. The number of fused-ring (bicyclic) bond motifs is 1. The molecular weight excluding hydrogens is 405 g/mol. The maximum absolute atomic E-state index is 12.6. The summed E-state index contributed by atoms with van der Waals surface area (Å²) < 4.78 is 4.90. The van der Waals surface area contributed by atoms with Crippen LogP contribution in [0.4, 0.5) is 5.69 Å². The fourth-order valence-electron chi connectivity index (χ4n) is 2.29. The third-order valence-electron chi connectivity index (χ3n) is 3.50. The number of nitro groups is 1. The number of benzene rings is 2. The molecule has 1 aromatic heterocycles. The molecule has 0 radical (unpaired) electrons. The van der Waals surface area contributed by atoms with Crippen LogP contribution in [0.5, 0.6) is 0 Å². The standard InChI is InChI=1S/C16H8AsN3O6/c18-7-8-1-3-12(10(5-8)16(22)23)17-15(21)14-11-6-9(20(24)25)2-4-13(11)19-26-14/h1-6,17H,(H,22,23). The second kappa shape index (κ2) is 6.78. The molecule has 0 saturated carbocycles. The number of carboxylic acid groups (broad SMARTS) is 1. The molecule has 3 aromatic rings. The van der Waals surface area contributed by atoms with Crippen LogP contribution in [0.3, 0.4) is 0 Å². The van der Waals surface area contributed by atoms with Crippen molar-refractivity contribution in [2.24, 2.45) is 0 Å². The van der Waals surface area contributed by atoms with Crippen LogP contribution in [0.25, 0.3) is 10.9 Å². The fourth-order valence-corrected chi connectivity index (χ4v) is 4.42. The van der Waals surface area contributed by atoms with Gasteiger partial charge in [-0.25, -0.2) is 0 Å². The van der Waals surface area contributed by atoms with Gasteiger partial charge in [0.25, 0.3) is 0 Å². The number of nitro benzene ring substituents is 1.